The van der Waals surface area contributed by atoms with Crippen LogP contribution in [0.4, 0.5) is 0 Å². The Morgan fingerprint density at radius 3 is 2.55 bits per heavy atom. The van der Waals surface area contributed by atoms with Crippen molar-refractivity contribution >= 4 is 0 Å². The molecular weight excluding hydrogens is 272 g/mol. The van der Waals surface area contributed by atoms with Crippen LogP contribution in [0.3, 0.4) is 0 Å². The molecule has 0 aliphatic heterocycles. The second-order valence-electron chi connectivity index (χ2n) is 5.34. The van der Waals surface area contributed by atoms with Gasteiger partial charge < -0.3 is 4.74 Å². The van der Waals surface area contributed by atoms with Gasteiger partial charge in [-0.05, 0) is 49.2 Å². The fourth-order valence-corrected chi connectivity index (χ4v) is 2.72. The molecule has 2 aromatic carbocycles. The third-order valence-corrected chi connectivity index (χ3v) is 3.87. The quantitative estimate of drug-likeness (QED) is 0.726. The maximum atomic E-state index is 5.20. The predicted molar refractivity (Wildman–Crippen MR) is 88.1 cm³/mol. The Hall–Kier alpha value is -2.55. The van der Waals surface area contributed by atoms with E-state index in [0.29, 0.717) is 0 Å². The Balaban J connectivity index is 1.92. The highest BCUT2D eigenvalue weighted by atomic mass is 16.5. The van der Waals surface area contributed by atoms with Crippen molar-refractivity contribution in [2.45, 2.75) is 20.4 Å². The van der Waals surface area contributed by atoms with E-state index in [9.17, 15) is 0 Å². The molecule has 0 amide bonds. The molecule has 3 nitrogen and oxygen atoms in total. The minimum absolute atomic E-state index is 0.757. The van der Waals surface area contributed by atoms with E-state index in [1.54, 1.807) is 7.11 Å². The molecule has 0 unspecified atom stereocenters. The maximum Gasteiger partial charge on any atom is 0.118 e. The molecule has 0 saturated heterocycles. The Bertz CT molecular complexity index is 758. The lowest BCUT2D eigenvalue weighted by atomic mass is 10.0. The van der Waals surface area contributed by atoms with E-state index < -0.39 is 0 Å². The average molecular weight is 291 g/mol. The first kappa shape index (κ1) is 14.4. The zero-order chi connectivity index (χ0) is 15.5. The van der Waals surface area contributed by atoms with Crippen molar-refractivity contribution in [1.29, 1.82) is 0 Å². The van der Waals surface area contributed by atoms with Gasteiger partial charge in [0.05, 0.1) is 19.3 Å². The second-order valence-corrected chi connectivity index (χ2v) is 5.34. The number of methoxy groups -OCH3 is 1. The summed E-state index contributed by atoms with van der Waals surface area (Å²) in [5.74, 6) is 0.873. The highest BCUT2D eigenvalue weighted by molar-refractivity contribution is 5.68. The van der Waals surface area contributed by atoms with Crippen LogP contribution in [0.2, 0.25) is 0 Å². The Morgan fingerprint density at radius 2 is 1.91 bits per heavy atom. The van der Waals surface area contributed by atoms with Gasteiger partial charge in [0.15, 0.2) is 0 Å². The van der Waals surface area contributed by atoms with Gasteiger partial charge in [0.1, 0.15) is 5.75 Å². The molecule has 0 N–H and O–H groups in total. The lowest BCUT2D eigenvalue weighted by molar-refractivity contribution is 0.414. The van der Waals surface area contributed by atoms with Crippen LogP contribution in [0.15, 0.2) is 48.5 Å². The van der Waals surface area contributed by atoms with E-state index in [-0.39, 0.29) is 0 Å². The fourth-order valence-electron chi connectivity index (χ4n) is 2.72. The zero-order valence-electron chi connectivity index (χ0n) is 13.1. The molecule has 22 heavy (non-hydrogen) atoms. The van der Waals surface area contributed by atoms with Gasteiger partial charge in [0, 0.05) is 11.3 Å². The first-order valence-corrected chi connectivity index (χ1v) is 7.32. The largest absolute Gasteiger partial charge is 0.497 e. The van der Waals surface area contributed by atoms with E-state index in [4.69, 9.17) is 9.84 Å². The van der Waals surface area contributed by atoms with Crippen molar-refractivity contribution in [3.8, 4) is 16.9 Å². The highest BCUT2D eigenvalue weighted by Crippen LogP contribution is 2.27. The van der Waals surface area contributed by atoms with Crippen LogP contribution in [-0.2, 0) is 6.54 Å². The van der Waals surface area contributed by atoms with Crippen molar-refractivity contribution in [3.63, 3.8) is 0 Å². The van der Waals surface area contributed by atoms with Crippen LogP contribution >= 0.6 is 0 Å². The van der Waals surface area contributed by atoms with Gasteiger partial charge in [-0.15, -0.1) is 0 Å². The molecule has 1 aromatic heterocycles. The van der Waals surface area contributed by atoms with Gasteiger partial charge in [0.2, 0.25) is 0 Å². The minimum Gasteiger partial charge on any atom is -0.497 e. The van der Waals surface area contributed by atoms with E-state index in [1.165, 1.54) is 22.4 Å². The van der Waals surface area contributed by atoms with E-state index >= 15 is 0 Å². The van der Waals surface area contributed by atoms with Crippen molar-refractivity contribution in [3.05, 3.63) is 71.5 Å². The van der Waals surface area contributed by atoms with E-state index in [2.05, 4.69) is 42.8 Å². The highest BCUT2D eigenvalue weighted by Gasteiger charge is 2.13. The summed E-state index contributed by atoms with van der Waals surface area (Å²) >= 11 is 0. The van der Waals surface area contributed by atoms with Crippen LogP contribution in [-0.4, -0.2) is 16.9 Å². The monoisotopic (exact) mass is 291 g/mol. The van der Waals surface area contributed by atoms with Crippen LogP contribution < -0.4 is 4.74 Å². The topological polar surface area (TPSA) is 27.1 Å². The number of rotatable bonds is 4. The van der Waals surface area contributed by atoms with Crippen LogP contribution in [0.5, 0.6) is 5.75 Å². The molecule has 0 saturated carbocycles. The second kappa shape index (κ2) is 6.06. The van der Waals surface area contributed by atoms with Crippen LogP contribution in [0, 0.1) is 19.9 Å². The van der Waals surface area contributed by atoms with Crippen LogP contribution in [0.25, 0.3) is 11.1 Å². The fraction of sp³-hybridized carbons (Fsp3) is 0.211. The standard InChI is InChI=1S/C19H19N2O/c1-14-19(17-7-5-4-6-8-17)15(2)21(20-14)13-16-9-11-18(22-3)12-10-16/h4-5,7-12H,13H2,1-3H3. The number of hydrogen-bond donors (Lipinski definition) is 0. The van der Waals surface area contributed by atoms with Crippen molar-refractivity contribution in [2.24, 2.45) is 0 Å². The van der Waals surface area contributed by atoms with Gasteiger partial charge in [0.25, 0.3) is 0 Å². The summed E-state index contributed by atoms with van der Waals surface area (Å²) in [6, 6.07) is 19.3. The Kier molecular flexibility index (Phi) is 3.96. The van der Waals surface area contributed by atoms with Gasteiger partial charge in [-0.3, -0.25) is 4.68 Å². The molecule has 0 aliphatic carbocycles. The molecule has 0 fully saturated rings. The van der Waals surface area contributed by atoms with Gasteiger partial charge in [-0.25, -0.2) is 0 Å². The van der Waals surface area contributed by atoms with Gasteiger partial charge >= 0.3 is 0 Å². The lowest BCUT2D eigenvalue weighted by Crippen LogP contribution is -2.04. The normalized spacial score (nSPS) is 10.7. The summed E-state index contributed by atoms with van der Waals surface area (Å²) in [5, 5.41) is 4.70. The SMILES string of the molecule is COc1ccc(Cn2nc(C)c(-c3c[c]ccc3)c2C)cc1. The molecular formula is C19H19N2O. The third-order valence-electron chi connectivity index (χ3n) is 3.87. The van der Waals surface area contributed by atoms with E-state index in [0.717, 1.165) is 18.0 Å². The zero-order valence-corrected chi connectivity index (χ0v) is 13.1. The minimum atomic E-state index is 0.757. The van der Waals surface area contributed by atoms with Gasteiger partial charge in [-0.1, -0.05) is 30.3 Å². The summed E-state index contributed by atoms with van der Waals surface area (Å²) < 4.78 is 7.25. The number of nitrogens with zero attached hydrogens (tertiary/aromatic N) is 2. The number of benzene rings is 2. The summed E-state index contributed by atoms with van der Waals surface area (Å²) in [6.45, 7) is 4.93. The molecule has 0 aliphatic rings. The summed E-state index contributed by atoms with van der Waals surface area (Å²) in [7, 11) is 1.68. The van der Waals surface area contributed by atoms with Crippen molar-refractivity contribution in [2.75, 3.05) is 7.11 Å². The lowest BCUT2D eigenvalue weighted by Gasteiger charge is -2.07. The molecule has 0 bridgehead atoms. The first-order chi connectivity index (χ1) is 10.7. The first-order valence-electron chi connectivity index (χ1n) is 7.32. The molecule has 111 valence electrons. The average Bonchev–Trinajstić information content (AvgIpc) is 2.83. The Labute approximate surface area is 131 Å². The van der Waals surface area contributed by atoms with Gasteiger partial charge in [-0.2, -0.15) is 5.10 Å². The van der Waals surface area contributed by atoms with Crippen LogP contribution in [0.1, 0.15) is 17.0 Å². The molecule has 1 heterocycles. The predicted octanol–water partition coefficient (Wildman–Crippen LogP) is 4.02. The molecule has 3 heteroatoms. The summed E-state index contributed by atoms with van der Waals surface area (Å²) in [6.07, 6.45) is 0. The third kappa shape index (κ3) is 2.75. The number of hydrogen-bond acceptors (Lipinski definition) is 2. The molecule has 3 aromatic rings. The molecule has 3 rings (SSSR count). The molecule has 0 spiro atoms. The van der Waals surface area contributed by atoms with Crippen molar-refractivity contribution in [1.82, 2.24) is 9.78 Å². The Morgan fingerprint density at radius 1 is 1.14 bits per heavy atom. The number of ether oxygens (including phenoxy) is 1. The molecule has 0 atom stereocenters. The molecule has 1 radical (unpaired) electrons. The smallest absolute Gasteiger partial charge is 0.118 e. The maximum absolute atomic E-state index is 5.20. The number of aryl methyl sites for hydroxylation is 1. The summed E-state index contributed by atoms with van der Waals surface area (Å²) in [4.78, 5) is 0. The summed E-state index contributed by atoms with van der Waals surface area (Å²) in [5.41, 5.74) is 5.79. The number of aromatic nitrogens is 2. The van der Waals surface area contributed by atoms with Crippen molar-refractivity contribution < 1.29 is 4.74 Å². The van der Waals surface area contributed by atoms with E-state index in [1.807, 2.05) is 30.3 Å².